The summed E-state index contributed by atoms with van der Waals surface area (Å²) in [5, 5.41) is 10.8. The molecule has 0 unspecified atom stereocenters. The third-order valence-electron chi connectivity index (χ3n) is 11.4. The van der Waals surface area contributed by atoms with Crippen molar-refractivity contribution in [3.05, 3.63) is 35.5 Å². The minimum Gasteiger partial charge on any atom is -0.455 e. The fourth-order valence-corrected chi connectivity index (χ4v) is 9.22. The van der Waals surface area contributed by atoms with Crippen molar-refractivity contribution in [1.82, 2.24) is 0 Å². The Hall–Kier alpha value is -1.35. The maximum Gasteiger partial charge on any atom is 0.334 e. The van der Waals surface area contributed by atoms with E-state index in [4.69, 9.17) is 11.3 Å². The van der Waals surface area contributed by atoms with Crippen LogP contribution in [0.5, 0.6) is 0 Å². The average molecular weight is 453 g/mol. The van der Waals surface area contributed by atoms with Gasteiger partial charge in [-0.2, -0.15) is 0 Å². The van der Waals surface area contributed by atoms with Crippen LogP contribution in [0.2, 0.25) is 0 Å². The lowest BCUT2D eigenvalue weighted by molar-refractivity contribution is -0.140. The molecular formula is C30H44O3. The number of ether oxygens (including phenoxy) is 1. The zero-order valence-corrected chi connectivity index (χ0v) is 21.6. The maximum absolute atomic E-state index is 11.8. The molecule has 0 spiro atoms. The first-order chi connectivity index (χ1) is 15.4. The summed E-state index contributed by atoms with van der Waals surface area (Å²) in [6.07, 6.45) is 12.1. The van der Waals surface area contributed by atoms with Crippen LogP contribution in [0.25, 0.3) is 0 Å². The fourth-order valence-electron chi connectivity index (χ4n) is 9.22. The smallest absolute Gasteiger partial charge is 0.334 e. The maximum atomic E-state index is 11.8. The first kappa shape index (κ1) is 23.4. The number of aliphatic hydroxyl groups is 1. The van der Waals surface area contributed by atoms with Gasteiger partial charge in [0, 0.05) is 5.57 Å². The predicted molar refractivity (Wildman–Crippen MR) is 132 cm³/mol. The molecule has 0 aromatic carbocycles. The minimum absolute atomic E-state index is 0.0257. The predicted octanol–water partition coefficient (Wildman–Crippen LogP) is 6.63. The summed E-state index contributed by atoms with van der Waals surface area (Å²) < 4.78 is 5.56. The first-order valence-corrected chi connectivity index (χ1v) is 13.4. The summed E-state index contributed by atoms with van der Waals surface area (Å²) in [5.74, 6) is 2.52. The van der Waals surface area contributed by atoms with Gasteiger partial charge in [0.2, 0.25) is 0 Å². The van der Waals surface area contributed by atoms with Crippen LogP contribution in [0.15, 0.2) is 35.5 Å². The van der Waals surface area contributed by atoms with Crippen LogP contribution in [0.4, 0.5) is 0 Å². The normalized spacial score (nSPS) is 47.1. The van der Waals surface area contributed by atoms with Crippen molar-refractivity contribution in [2.45, 2.75) is 98.7 Å². The minimum atomic E-state index is -0.188. The molecule has 3 saturated carbocycles. The molecule has 1 heterocycles. The lowest BCUT2D eigenvalue weighted by Gasteiger charge is -2.58. The topological polar surface area (TPSA) is 46.5 Å². The zero-order valence-electron chi connectivity index (χ0n) is 21.6. The van der Waals surface area contributed by atoms with Gasteiger partial charge in [-0.3, -0.25) is 0 Å². The highest BCUT2D eigenvalue weighted by Gasteiger charge is 2.62. The van der Waals surface area contributed by atoms with Crippen LogP contribution in [0.1, 0.15) is 86.5 Å². The van der Waals surface area contributed by atoms with Gasteiger partial charge in [0.05, 0.1) is 6.10 Å². The van der Waals surface area contributed by atoms with Crippen molar-refractivity contribution in [2.75, 3.05) is 0 Å². The number of esters is 1. The largest absolute Gasteiger partial charge is 0.455 e. The van der Waals surface area contributed by atoms with Gasteiger partial charge in [-0.25, -0.2) is 4.79 Å². The number of carbonyl (C=O) groups is 1. The summed E-state index contributed by atoms with van der Waals surface area (Å²) in [6, 6.07) is 0. The summed E-state index contributed by atoms with van der Waals surface area (Å²) in [7, 11) is 0. The Balaban J connectivity index is 1.38. The third-order valence-corrected chi connectivity index (χ3v) is 11.4. The number of hydrogen-bond acceptors (Lipinski definition) is 3. The molecule has 9 atom stereocenters. The Morgan fingerprint density at radius 1 is 1.18 bits per heavy atom. The van der Waals surface area contributed by atoms with Crippen LogP contribution in [-0.2, 0) is 9.53 Å². The Labute approximate surface area is 200 Å². The van der Waals surface area contributed by atoms with Crippen LogP contribution in [0.3, 0.4) is 0 Å². The van der Waals surface area contributed by atoms with E-state index in [1.165, 1.54) is 24.8 Å². The highest BCUT2D eigenvalue weighted by molar-refractivity contribution is 5.90. The molecule has 0 aromatic heterocycles. The Bertz CT molecular complexity index is 925. The molecule has 0 bridgehead atoms. The van der Waals surface area contributed by atoms with E-state index in [2.05, 4.69) is 40.7 Å². The van der Waals surface area contributed by atoms with E-state index >= 15 is 0 Å². The average Bonchev–Trinajstić information content (AvgIpc) is 3.22. The van der Waals surface area contributed by atoms with Crippen molar-refractivity contribution in [2.24, 2.45) is 45.8 Å². The van der Waals surface area contributed by atoms with Gasteiger partial charge in [0.25, 0.3) is 0 Å². The van der Waals surface area contributed by atoms with E-state index in [1.807, 2.05) is 13.0 Å². The molecule has 182 valence electrons. The van der Waals surface area contributed by atoms with Crippen LogP contribution in [0, 0.1) is 45.8 Å². The SMILES string of the molecule is C=C1[C@@H]([C@H](C)C[C@H]2C=C(C)C(=O)O2)CC[C@@]2(C)C3=CC[C@H]4C(C)(C)[C@H](O)CC[C@]4(C)[C@@H]3C[C@@H]12. The van der Waals surface area contributed by atoms with E-state index in [-0.39, 0.29) is 34.4 Å². The van der Waals surface area contributed by atoms with E-state index in [0.717, 1.165) is 31.3 Å². The standard InChI is InChI=1S/C30H44O3/c1-17(14-20-15-18(2)27(32)33-20)21-10-12-29(6)22-8-9-25-28(4,5)26(31)11-13-30(25,7)24(22)16-23(29)19(21)3/h8,15,17,20-21,23-26,31H,3,9-14,16H2,1-2,4-7H3/t17-,20+,21-,23+,24-,25+,26-,29+,30-/m1/s1. The second-order valence-electron chi connectivity index (χ2n) is 13.3. The molecule has 0 saturated heterocycles. The molecule has 3 nitrogen and oxygen atoms in total. The number of allylic oxidation sites excluding steroid dienone is 3. The summed E-state index contributed by atoms with van der Waals surface area (Å²) in [5.41, 5.74) is 4.40. The second-order valence-corrected chi connectivity index (χ2v) is 13.3. The van der Waals surface area contributed by atoms with Gasteiger partial charge < -0.3 is 9.84 Å². The first-order valence-electron chi connectivity index (χ1n) is 13.4. The summed E-state index contributed by atoms with van der Waals surface area (Å²) >= 11 is 0. The lowest BCUT2D eigenvalue weighted by Crippen LogP contribution is -2.54. The molecule has 5 aliphatic rings. The third kappa shape index (κ3) is 3.27. The van der Waals surface area contributed by atoms with Gasteiger partial charge in [-0.05, 0) is 104 Å². The van der Waals surface area contributed by atoms with Gasteiger partial charge in [0.1, 0.15) is 6.10 Å². The van der Waals surface area contributed by atoms with Crippen molar-refractivity contribution < 1.29 is 14.6 Å². The lowest BCUT2D eigenvalue weighted by atomic mass is 9.47. The Morgan fingerprint density at radius 2 is 1.91 bits per heavy atom. The van der Waals surface area contributed by atoms with Crippen molar-refractivity contribution >= 4 is 5.97 Å². The quantitative estimate of drug-likeness (QED) is 0.386. The van der Waals surface area contributed by atoms with E-state index in [1.54, 1.807) is 5.57 Å². The molecule has 1 N–H and O–H groups in total. The molecular weight excluding hydrogens is 408 g/mol. The molecule has 0 aromatic rings. The zero-order chi connectivity index (χ0) is 23.9. The molecule has 33 heavy (non-hydrogen) atoms. The second kappa shape index (κ2) is 7.57. The molecule has 1 aliphatic heterocycles. The summed E-state index contributed by atoms with van der Waals surface area (Å²) in [6.45, 7) is 18.6. The van der Waals surface area contributed by atoms with Gasteiger partial charge in [0.15, 0.2) is 0 Å². The van der Waals surface area contributed by atoms with Crippen molar-refractivity contribution in [1.29, 1.82) is 0 Å². The van der Waals surface area contributed by atoms with E-state index in [0.29, 0.717) is 29.6 Å². The number of cyclic esters (lactones) is 1. The molecule has 0 radical (unpaired) electrons. The van der Waals surface area contributed by atoms with Crippen LogP contribution >= 0.6 is 0 Å². The van der Waals surface area contributed by atoms with Crippen molar-refractivity contribution in [3.63, 3.8) is 0 Å². The van der Waals surface area contributed by atoms with Crippen LogP contribution in [-0.4, -0.2) is 23.3 Å². The van der Waals surface area contributed by atoms with E-state index < -0.39 is 0 Å². The molecule has 3 fully saturated rings. The monoisotopic (exact) mass is 452 g/mol. The molecule has 3 heteroatoms. The van der Waals surface area contributed by atoms with Gasteiger partial charge >= 0.3 is 5.97 Å². The molecule has 0 amide bonds. The number of fused-ring (bicyclic) bond motifs is 5. The molecule has 5 rings (SSSR count). The molecule has 4 aliphatic carbocycles. The Kier molecular flexibility index (Phi) is 5.37. The Morgan fingerprint density at radius 3 is 2.58 bits per heavy atom. The highest BCUT2D eigenvalue weighted by atomic mass is 16.5. The number of aliphatic hydroxyl groups excluding tert-OH is 1. The number of carbonyl (C=O) groups excluding carboxylic acids is 1. The highest BCUT2D eigenvalue weighted by Crippen LogP contribution is 2.70. The van der Waals surface area contributed by atoms with Gasteiger partial charge in [-0.15, -0.1) is 0 Å². The van der Waals surface area contributed by atoms with Crippen LogP contribution < -0.4 is 0 Å². The number of rotatable bonds is 3. The fraction of sp³-hybridized carbons (Fsp3) is 0.767. The van der Waals surface area contributed by atoms with E-state index in [9.17, 15) is 9.90 Å². The van der Waals surface area contributed by atoms with Crippen molar-refractivity contribution in [3.8, 4) is 0 Å². The summed E-state index contributed by atoms with van der Waals surface area (Å²) in [4.78, 5) is 11.8. The van der Waals surface area contributed by atoms with Gasteiger partial charge in [-0.1, -0.05) is 58.4 Å². The number of hydrogen-bond donors (Lipinski definition) is 1.